The quantitative estimate of drug-likeness (QED) is 0.166. The predicted octanol–water partition coefficient (Wildman–Crippen LogP) is 8.25. The van der Waals surface area contributed by atoms with Crippen molar-refractivity contribution in [3.8, 4) is 11.5 Å². The van der Waals surface area contributed by atoms with Gasteiger partial charge in [0, 0.05) is 10.4 Å². The number of carbonyl (C=O) groups excluding carboxylic acids is 1. The molecule has 0 aliphatic carbocycles. The number of fused-ring (bicyclic) bond motifs is 1. The van der Waals surface area contributed by atoms with E-state index < -0.39 is 0 Å². The summed E-state index contributed by atoms with van der Waals surface area (Å²) >= 11 is 16.4. The molecule has 4 nitrogen and oxygen atoms in total. The van der Waals surface area contributed by atoms with Crippen molar-refractivity contribution in [3.05, 3.63) is 104 Å². The number of hydrogen-bond acceptors (Lipinski definition) is 5. The van der Waals surface area contributed by atoms with Gasteiger partial charge in [-0.05, 0) is 68.9 Å². The van der Waals surface area contributed by atoms with Crippen molar-refractivity contribution in [2.24, 2.45) is 0 Å². The molecule has 1 fully saturated rings. The zero-order valence-corrected chi connectivity index (χ0v) is 23.0. The molecule has 0 spiro atoms. The maximum atomic E-state index is 13.4. The Kier molecular flexibility index (Phi) is 7.34. The van der Waals surface area contributed by atoms with Crippen LogP contribution in [0.5, 0.6) is 11.5 Å². The molecule has 1 amide bonds. The topological polar surface area (TPSA) is 38.8 Å². The summed E-state index contributed by atoms with van der Waals surface area (Å²) in [5.74, 6) is 0.974. The molecule has 0 aromatic heterocycles. The van der Waals surface area contributed by atoms with Crippen LogP contribution >= 0.6 is 51.5 Å². The van der Waals surface area contributed by atoms with Gasteiger partial charge in [0.15, 0.2) is 15.8 Å². The fourth-order valence-corrected chi connectivity index (χ4v) is 5.91. The summed E-state index contributed by atoms with van der Waals surface area (Å²) in [6.45, 7) is 0.356. The molecule has 0 atom stereocenters. The van der Waals surface area contributed by atoms with E-state index in [1.54, 1.807) is 12.0 Å². The second kappa shape index (κ2) is 10.6. The normalized spacial score (nSPS) is 14.6. The maximum absolute atomic E-state index is 13.4. The lowest BCUT2D eigenvalue weighted by Crippen LogP contribution is -2.27. The Labute approximate surface area is 232 Å². The van der Waals surface area contributed by atoms with Gasteiger partial charge in [-0.25, -0.2) is 0 Å². The van der Waals surface area contributed by atoms with E-state index in [0.29, 0.717) is 36.8 Å². The van der Waals surface area contributed by atoms with Gasteiger partial charge < -0.3 is 9.47 Å². The Balaban J connectivity index is 1.42. The number of rotatable bonds is 6. The first-order valence-electron chi connectivity index (χ1n) is 10.9. The molecule has 36 heavy (non-hydrogen) atoms. The predicted molar refractivity (Wildman–Crippen MR) is 156 cm³/mol. The lowest BCUT2D eigenvalue weighted by Gasteiger charge is -2.17. The summed E-state index contributed by atoms with van der Waals surface area (Å²) in [6.07, 6.45) is 1.82. The lowest BCUT2D eigenvalue weighted by atomic mass is 10.1. The van der Waals surface area contributed by atoms with Crippen LogP contribution in [0, 0.1) is 0 Å². The van der Waals surface area contributed by atoms with Crippen LogP contribution in [0.15, 0.2) is 88.2 Å². The number of thioether (sulfide) groups is 1. The number of benzene rings is 4. The SMILES string of the molecule is COc1cc(/C=C2\SC(=S)N(c3cccc4ccccc34)C2=O)cc(Br)c1OCc1ccc(Cl)cc1. The van der Waals surface area contributed by atoms with E-state index in [9.17, 15) is 4.79 Å². The van der Waals surface area contributed by atoms with E-state index in [4.69, 9.17) is 33.3 Å². The smallest absolute Gasteiger partial charge is 0.270 e. The van der Waals surface area contributed by atoms with Crippen LogP contribution in [0.1, 0.15) is 11.1 Å². The number of anilines is 1. The molecule has 1 saturated heterocycles. The van der Waals surface area contributed by atoms with Crippen LogP contribution in [0.4, 0.5) is 5.69 Å². The number of halogens is 2. The number of methoxy groups -OCH3 is 1. The van der Waals surface area contributed by atoms with Gasteiger partial charge >= 0.3 is 0 Å². The van der Waals surface area contributed by atoms with E-state index >= 15 is 0 Å². The molecule has 0 unspecified atom stereocenters. The third-order valence-electron chi connectivity index (χ3n) is 5.65. The molecule has 1 heterocycles. The van der Waals surface area contributed by atoms with Crippen molar-refractivity contribution in [2.45, 2.75) is 6.61 Å². The minimum Gasteiger partial charge on any atom is -0.493 e. The molecule has 180 valence electrons. The molecule has 8 heteroatoms. The number of nitrogens with zero attached hydrogens (tertiary/aromatic N) is 1. The third-order valence-corrected chi connectivity index (χ3v) is 7.79. The minimum atomic E-state index is -0.153. The third kappa shape index (κ3) is 5.02. The first-order valence-corrected chi connectivity index (χ1v) is 13.3. The number of carbonyl (C=O) groups is 1. The number of thiocarbonyl (C=S) groups is 1. The fourth-order valence-electron chi connectivity index (χ4n) is 3.93. The summed E-state index contributed by atoms with van der Waals surface area (Å²) < 4.78 is 12.8. The molecular formula is C28H19BrClNO3S2. The highest BCUT2D eigenvalue weighted by atomic mass is 79.9. The van der Waals surface area contributed by atoms with Crippen molar-refractivity contribution in [1.29, 1.82) is 0 Å². The Hall–Kier alpha value is -2.84. The van der Waals surface area contributed by atoms with E-state index in [1.165, 1.54) is 11.8 Å². The van der Waals surface area contributed by atoms with Crippen molar-refractivity contribution < 1.29 is 14.3 Å². The Morgan fingerprint density at radius 1 is 1.06 bits per heavy atom. The van der Waals surface area contributed by atoms with E-state index in [0.717, 1.165) is 27.6 Å². The van der Waals surface area contributed by atoms with Gasteiger partial charge in [0.1, 0.15) is 6.61 Å². The lowest BCUT2D eigenvalue weighted by molar-refractivity contribution is -0.113. The monoisotopic (exact) mass is 595 g/mol. The summed E-state index contributed by atoms with van der Waals surface area (Å²) in [5.41, 5.74) is 2.55. The number of hydrogen-bond donors (Lipinski definition) is 0. The highest BCUT2D eigenvalue weighted by Crippen LogP contribution is 2.41. The molecule has 0 radical (unpaired) electrons. The van der Waals surface area contributed by atoms with Gasteiger partial charge in [0.2, 0.25) is 0 Å². The fraction of sp³-hybridized carbons (Fsp3) is 0.0714. The molecule has 0 saturated carbocycles. The summed E-state index contributed by atoms with van der Waals surface area (Å²) in [6, 6.07) is 25.0. The second-order valence-electron chi connectivity index (χ2n) is 7.96. The average Bonchev–Trinajstić information content (AvgIpc) is 3.15. The van der Waals surface area contributed by atoms with Gasteiger partial charge in [0.25, 0.3) is 5.91 Å². The van der Waals surface area contributed by atoms with Crippen LogP contribution in [0.3, 0.4) is 0 Å². The van der Waals surface area contributed by atoms with E-state index in [-0.39, 0.29) is 5.91 Å². The molecule has 5 rings (SSSR count). The summed E-state index contributed by atoms with van der Waals surface area (Å²) in [5, 5.41) is 2.70. The minimum absolute atomic E-state index is 0.153. The van der Waals surface area contributed by atoms with Gasteiger partial charge in [0.05, 0.1) is 22.2 Å². The van der Waals surface area contributed by atoms with Gasteiger partial charge in [-0.3, -0.25) is 9.69 Å². The first-order chi connectivity index (χ1) is 17.4. The Bertz CT molecular complexity index is 1520. The Morgan fingerprint density at radius 2 is 1.81 bits per heavy atom. The largest absolute Gasteiger partial charge is 0.493 e. The van der Waals surface area contributed by atoms with Crippen LogP contribution in [0.2, 0.25) is 5.02 Å². The molecule has 0 N–H and O–H groups in total. The number of ether oxygens (including phenoxy) is 2. The maximum Gasteiger partial charge on any atom is 0.270 e. The van der Waals surface area contributed by atoms with Gasteiger partial charge in [-0.1, -0.05) is 84.1 Å². The molecule has 4 aromatic carbocycles. The molecule has 1 aliphatic heterocycles. The molecule has 1 aliphatic rings. The van der Waals surface area contributed by atoms with E-state index in [2.05, 4.69) is 15.9 Å². The number of amides is 1. The highest BCUT2D eigenvalue weighted by Gasteiger charge is 2.34. The van der Waals surface area contributed by atoms with Crippen molar-refractivity contribution in [1.82, 2.24) is 0 Å². The summed E-state index contributed by atoms with van der Waals surface area (Å²) in [7, 11) is 1.58. The van der Waals surface area contributed by atoms with Crippen LogP contribution in [0.25, 0.3) is 16.8 Å². The van der Waals surface area contributed by atoms with Gasteiger partial charge in [-0.2, -0.15) is 0 Å². The molecular weight excluding hydrogens is 578 g/mol. The summed E-state index contributed by atoms with van der Waals surface area (Å²) in [4.78, 5) is 15.6. The van der Waals surface area contributed by atoms with Crippen LogP contribution < -0.4 is 14.4 Å². The second-order valence-corrected chi connectivity index (χ2v) is 10.9. The zero-order valence-electron chi connectivity index (χ0n) is 19.0. The Morgan fingerprint density at radius 3 is 2.58 bits per heavy atom. The standard InChI is InChI=1S/C28H19BrClNO3S2/c1-33-24-14-18(13-22(29)26(24)34-16-17-9-11-20(30)12-10-17)15-25-27(32)31(28(35)36-25)23-8-4-6-19-5-2-3-7-21(19)23/h2-15H,16H2,1H3/b25-15-. The van der Waals surface area contributed by atoms with E-state index in [1.807, 2.05) is 84.9 Å². The molecule has 4 aromatic rings. The zero-order chi connectivity index (χ0) is 25.2. The van der Waals surface area contributed by atoms with Gasteiger partial charge in [-0.15, -0.1) is 0 Å². The van der Waals surface area contributed by atoms with Crippen LogP contribution in [-0.4, -0.2) is 17.3 Å². The van der Waals surface area contributed by atoms with Crippen molar-refractivity contribution in [2.75, 3.05) is 12.0 Å². The van der Waals surface area contributed by atoms with Crippen molar-refractivity contribution in [3.63, 3.8) is 0 Å². The molecule has 0 bridgehead atoms. The first kappa shape index (κ1) is 24.8. The van der Waals surface area contributed by atoms with Crippen molar-refractivity contribution >= 4 is 84.3 Å². The highest BCUT2D eigenvalue weighted by molar-refractivity contribution is 9.10. The van der Waals surface area contributed by atoms with Crippen LogP contribution in [-0.2, 0) is 11.4 Å². The average molecular weight is 597 g/mol.